The molecule has 0 radical (unpaired) electrons. The van der Waals surface area contributed by atoms with Crippen LogP contribution in [0.15, 0.2) is 0 Å². The fourth-order valence-corrected chi connectivity index (χ4v) is 3.54. The highest BCUT2D eigenvalue weighted by Crippen LogP contribution is 2.20. The molecule has 0 bridgehead atoms. The smallest absolute Gasteiger partial charge is 0.347 e. The second-order valence-corrected chi connectivity index (χ2v) is 6.98. The zero-order valence-electron chi connectivity index (χ0n) is 10.3. The molecule has 0 unspecified atom stereocenters. The lowest BCUT2D eigenvalue weighted by Crippen LogP contribution is -2.38. The zero-order chi connectivity index (χ0) is 14.0. The van der Waals surface area contributed by atoms with Gasteiger partial charge in [0.1, 0.15) is 4.88 Å². The fraction of sp³-hybridized carbons (Fsp3) is 0.600. The summed E-state index contributed by atoms with van der Waals surface area (Å²) in [6.07, 6.45) is 2.15. The Bertz CT molecular complexity index is 578. The lowest BCUT2D eigenvalue weighted by molar-refractivity contribution is 0.0701. The van der Waals surface area contributed by atoms with Crippen LogP contribution in [0.4, 0.5) is 0 Å². The number of hydrogen-bond donors (Lipinski definition) is 3. The maximum atomic E-state index is 11.5. The Morgan fingerprint density at radius 1 is 1.53 bits per heavy atom. The molecule has 19 heavy (non-hydrogen) atoms. The van der Waals surface area contributed by atoms with Crippen molar-refractivity contribution in [1.82, 2.24) is 14.4 Å². The molecule has 0 aliphatic heterocycles. The number of hydrogen-bond acceptors (Lipinski definition) is 5. The first kappa shape index (κ1) is 14.4. The quantitative estimate of drug-likeness (QED) is 0.670. The van der Waals surface area contributed by atoms with Crippen molar-refractivity contribution in [2.45, 2.75) is 32.2 Å². The number of aromatic nitrogens is 1. The molecule has 0 atom stereocenters. The van der Waals surface area contributed by atoms with Gasteiger partial charge in [-0.15, -0.1) is 11.3 Å². The Morgan fingerprint density at radius 2 is 2.21 bits per heavy atom. The summed E-state index contributed by atoms with van der Waals surface area (Å²) in [5, 5.41) is 9.50. The Labute approximate surface area is 115 Å². The van der Waals surface area contributed by atoms with E-state index < -0.39 is 16.2 Å². The summed E-state index contributed by atoms with van der Waals surface area (Å²) < 4.78 is 28.0. The Balaban J connectivity index is 1.85. The molecule has 1 aliphatic rings. The van der Waals surface area contributed by atoms with Crippen molar-refractivity contribution in [3.05, 3.63) is 15.6 Å². The van der Waals surface area contributed by atoms with Gasteiger partial charge in [-0.2, -0.15) is 13.1 Å². The van der Waals surface area contributed by atoms with Gasteiger partial charge in [0.25, 0.3) is 10.2 Å². The van der Waals surface area contributed by atoms with Crippen LogP contribution < -0.4 is 9.44 Å². The maximum Gasteiger partial charge on any atom is 0.347 e. The molecule has 0 saturated heterocycles. The zero-order valence-corrected chi connectivity index (χ0v) is 12.0. The second kappa shape index (κ2) is 5.53. The first-order valence-electron chi connectivity index (χ1n) is 5.84. The van der Waals surface area contributed by atoms with Crippen molar-refractivity contribution in [3.63, 3.8) is 0 Å². The Morgan fingerprint density at radius 3 is 2.74 bits per heavy atom. The number of carboxylic acid groups (broad SMARTS) is 1. The number of nitrogens with one attached hydrogen (secondary N) is 2. The van der Waals surface area contributed by atoms with E-state index in [0.29, 0.717) is 17.1 Å². The summed E-state index contributed by atoms with van der Waals surface area (Å²) in [5.74, 6) is -1.00. The molecule has 0 amide bonds. The summed E-state index contributed by atoms with van der Waals surface area (Å²) in [5.41, 5.74) is 0.464. The summed E-state index contributed by atoms with van der Waals surface area (Å²) in [7, 11) is -3.45. The van der Waals surface area contributed by atoms with Crippen molar-refractivity contribution in [2.24, 2.45) is 0 Å². The van der Waals surface area contributed by atoms with Gasteiger partial charge in [0.05, 0.1) is 10.7 Å². The SMILES string of the molecule is Cc1nc(CCNS(=O)(=O)NC2CC2)sc1C(=O)O. The largest absolute Gasteiger partial charge is 0.477 e. The van der Waals surface area contributed by atoms with Crippen molar-refractivity contribution in [3.8, 4) is 0 Å². The third-order valence-electron chi connectivity index (χ3n) is 2.57. The number of thiazole rings is 1. The molecule has 0 spiro atoms. The number of aromatic carboxylic acids is 1. The second-order valence-electron chi connectivity index (χ2n) is 4.37. The van der Waals surface area contributed by atoms with Crippen molar-refractivity contribution < 1.29 is 18.3 Å². The van der Waals surface area contributed by atoms with E-state index in [1.54, 1.807) is 6.92 Å². The molecule has 2 rings (SSSR count). The van der Waals surface area contributed by atoms with Crippen molar-refractivity contribution in [2.75, 3.05) is 6.54 Å². The van der Waals surface area contributed by atoms with Crippen LogP contribution in [0.5, 0.6) is 0 Å². The van der Waals surface area contributed by atoms with Crippen LogP contribution in [0.25, 0.3) is 0 Å². The molecule has 3 N–H and O–H groups in total. The first-order valence-corrected chi connectivity index (χ1v) is 8.14. The maximum absolute atomic E-state index is 11.5. The van der Waals surface area contributed by atoms with Gasteiger partial charge < -0.3 is 5.11 Å². The number of carboxylic acids is 1. The summed E-state index contributed by atoms with van der Waals surface area (Å²) in [6, 6.07) is 0.0678. The van der Waals surface area contributed by atoms with Gasteiger partial charge in [0.15, 0.2) is 0 Å². The molecule has 1 heterocycles. The number of nitrogens with zero attached hydrogens (tertiary/aromatic N) is 1. The molecule has 0 aromatic carbocycles. The normalized spacial score (nSPS) is 15.6. The molecule has 1 aromatic rings. The third kappa shape index (κ3) is 4.23. The number of carbonyl (C=O) groups is 1. The van der Waals surface area contributed by atoms with Crippen molar-refractivity contribution in [1.29, 1.82) is 0 Å². The van der Waals surface area contributed by atoms with Gasteiger partial charge in [-0.3, -0.25) is 0 Å². The van der Waals surface area contributed by atoms with E-state index >= 15 is 0 Å². The summed E-state index contributed by atoms with van der Waals surface area (Å²) >= 11 is 1.08. The van der Waals surface area contributed by atoms with Crippen molar-refractivity contribution >= 4 is 27.5 Å². The van der Waals surface area contributed by atoms with E-state index in [4.69, 9.17) is 5.11 Å². The minimum absolute atomic E-state index is 0.0678. The number of aryl methyl sites for hydroxylation is 1. The fourth-order valence-electron chi connectivity index (χ4n) is 1.51. The highest BCUT2D eigenvalue weighted by atomic mass is 32.2. The van der Waals surface area contributed by atoms with Crippen LogP contribution in [0.3, 0.4) is 0 Å². The molecular weight excluding hydrogens is 290 g/mol. The van der Waals surface area contributed by atoms with Gasteiger partial charge in [-0.25, -0.2) is 14.5 Å². The molecule has 1 saturated carbocycles. The average Bonchev–Trinajstić information content (AvgIpc) is 2.99. The van der Waals surface area contributed by atoms with E-state index in [0.717, 1.165) is 24.2 Å². The molecule has 7 nitrogen and oxygen atoms in total. The number of rotatable bonds is 7. The minimum Gasteiger partial charge on any atom is -0.477 e. The van der Waals surface area contributed by atoms with E-state index in [1.807, 2.05) is 0 Å². The predicted octanol–water partition coefficient (Wildman–Crippen LogP) is 0.279. The standard InChI is InChI=1S/C10H15N3O4S2/c1-6-9(10(14)15)18-8(12-6)4-5-11-19(16,17)13-7-2-3-7/h7,11,13H,2-5H2,1H3,(H,14,15). The molecular formula is C10H15N3O4S2. The molecule has 1 aliphatic carbocycles. The van der Waals surface area contributed by atoms with E-state index in [9.17, 15) is 13.2 Å². The monoisotopic (exact) mass is 305 g/mol. The molecule has 106 valence electrons. The molecule has 1 aromatic heterocycles. The van der Waals surface area contributed by atoms with Crippen LogP contribution in [0.1, 0.15) is 33.2 Å². The molecule has 9 heteroatoms. The van der Waals surface area contributed by atoms with Crippen LogP contribution in [0, 0.1) is 6.92 Å². The van der Waals surface area contributed by atoms with E-state index in [1.165, 1.54) is 0 Å². The first-order chi connectivity index (χ1) is 8.87. The lowest BCUT2D eigenvalue weighted by atomic mass is 10.4. The highest BCUT2D eigenvalue weighted by molar-refractivity contribution is 7.87. The third-order valence-corrected chi connectivity index (χ3v) is 5.00. The highest BCUT2D eigenvalue weighted by Gasteiger charge is 2.26. The summed E-state index contributed by atoms with van der Waals surface area (Å²) in [6.45, 7) is 1.83. The predicted molar refractivity (Wildman–Crippen MR) is 70.6 cm³/mol. The topological polar surface area (TPSA) is 108 Å². The van der Waals surface area contributed by atoms with Crippen LogP contribution in [-0.4, -0.2) is 37.1 Å². The van der Waals surface area contributed by atoms with E-state index in [-0.39, 0.29) is 17.5 Å². The lowest BCUT2D eigenvalue weighted by Gasteiger charge is -2.05. The van der Waals surface area contributed by atoms with Gasteiger partial charge in [0.2, 0.25) is 0 Å². The summed E-state index contributed by atoms with van der Waals surface area (Å²) in [4.78, 5) is 15.2. The van der Waals surface area contributed by atoms with E-state index in [2.05, 4.69) is 14.4 Å². The van der Waals surface area contributed by atoms with Gasteiger partial charge in [-0.1, -0.05) is 0 Å². The van der Waals surface area contributed by atoms with Gasteiger partial charge in [0, 0.05) is 19.0 Å². The Hall–Kier alpha value is -1.03. The van der Waals surface area contributed by atoms with Crippen LogP contribution in [-0.2, 0) is 16.6 Å². The minimum atomic E-state index is -3.45. The van der Waals surface area contributed by atoms with Crippen LogP contribution >= 0.6 is 11.3 Å². The average molecular weight is 305 g/mol. The van der Waals surface area contributed by atoms with Crippen LogP contribution in [0.2, 0.25) is 0 Å². The Kier molecular flexibility index (Phi) is 4.19. The van der Waals surface area contributed by atoms with Gasteiger partial charge in [-0.05, 0) is 19.8 Å². The molecule has 1 fully saturated rings. The van der Waals surface area contributed by atoms with Gasteiger partial charge >= 0.3 is 5.97 Å².